The number of thiazole rings is 1. The van der Waals surface area contributed by atoms with Crippen molar-refractivity contribution in [3.8, 4) is 0 Å². The van der Waals surface area contributed by atoms with Gasteiger partial charge < -0.3 is 9.30 Å². The van der Waals surface area contributed by atoms with Gasteiger partial charge in [0.1, 0.15) is 0 Å². The number of carbonyl (C=O) groups is 2. The van der Waals surface area contributed by atoms with Gasteiger partial charge in [0.25, 0.3) is 5.91 Å². The van der Waals surface area contributed by atoms with Gasteiger partial charge in [-0.15, -0.1) is 0 Å². The van der Waals surface area contributed by atoms with Crippen molar-refractivity contribution in [1.29, 1.82) is 0 Å². The Morgan fingerprint density at radius 1 is 1.28 bits per heavy atom. The molecule has 0 aliphatic carbocycles. The van der Waals surface area contributed by atoms with Crippen molar-refractivity contribution in [3.63, 3.8) is 0 Å². The number of rotatable bonds is 7. The van der Waals surface area contributed by atoms with E-state index in [4.69, 9.17) is 4.74 Å². The van der Waals surface area contributed by atoms with Gasteiger partial charge in [-0.2, -0.15) is 21.9 Å². The third-order valence-electron chi connectivity index (χ3n) is 4.41. The van der Waals surface area contributed by atoms with Crippen molar-refractivity contribution in [3.05, 3.63) is 46.0 Å². The van der Waals surface area contributed by atoms with Crippen LogP contribution in [0.2, 0.25) is 0 Å². The maximum Gasteiger partial charge on any atom is 0.338 e. The number of hydrogen-bond donors (Lipinski definition) is 0. The highest BCUT2D eigenvalue weighted by Gasteiger charge is 2.15. The summed E-state index contributed by atoms with van der Waals surface area (Å²) < 4.78 is 9.78. The summed E-state index contributed by atoms with van der Waals surface area (Å²) in [6.45, 7) is 7.42. The van der Waals surface area contributed by atoms with Crippen molar-refractivity contribution >= 4 is 45.2 Å². The fourth-order valence-electron chi connectivity index (χ4n) is 2.98. The highest BCUT2D eigenvalue weighted by molar-refractivity contribution is 7.98. The lowest BCUT2D eigenvalue weighted by Crippen LogP contribution is -2.18. The fraction of sp³-hybridized carbons (Fsp3) is 0.400. The Morgan fingerprint density at radius 3 is 2.72 bits per heavy atom. The normalized spacial score (nSPS) is 11.9. The number of aryl methyl sites for hydroxylation is 3. The molecule has 0 spiro atoms. The number of ether oxygens (including phenoxy) is 1. The van der Waals surface area contributed by atoms with Gasteiger partial charge >= 0.3 is 5.97 Å². The molecule has 2 heterocycles. The van der Waals surface area contributed by atoms with E-state index in [2.05, 4.69) is 10.1 Å². The summed E-state index contributed by atoms with van der Waals surface area (Å²) in [5, 5.41) is 4.33. The lowest BCUT2D eigenvalue weighted by molar-refractivity contribution is 0.0526. The lowest BCUT2D eigenvalue weighted by atomic mass is 10.2. The Balaban J connectivity index is 2.07. The first kappa shape index (κ1) is 21.3. The van der Waals surface area contributed by atoms with Crippen LogP contribution in [0.15, 0.2) is 29.3 Å². The molecule has 3 rings (SSSR count). The third-order valence-corrected chi connectivity index (χ3v) is 6.04. The minimum absolute atomic E-state index is 0.327. The molecular formula is C20H24N4O3S2. The van der Waals surface area contributed by atoms with Crippen molar-refractivity contribution in [2.75, 3.05) is 18.6 Å². The zero-order chi connectivity index (χ0) is 21.0. The number of carbonyl (C=O) groups excluding carboxylic acids is 2. The summed E-state index contributed by atoms with van der Waals surface area (Å²) in [4.78, 5) is 29.8. The summed E-state index contributed by atoms with van der Waals surface area (Å²) in [6, 6.07) is 7.19. The molecule has 0 saturated heterocycles. The number of benzene rings is 1. The van der Waals surface area contributed by atoms with Crippen LogP contribution in [-0.2, 0) is 17.8 Å². The molecule has 0 aliphatic heterocycles. The van der Waals surface area contributed by atoms with E-state index in [0.29, 0.717) is 35.8 Å². The fourth-order valence-corrected chi connectivity index (χ4v) is 4.44. The molecule has 7 nitrogen and oxygen atoms in total. The maximum atomic E-state index is 12.7. The first-order chi connectivity index (χ1) is 14.0. The van der Waals surface area contributed by atoms with Crippen molar-refractivity contribution in [1.82, 2.24) is 14.3 Å². The highest BCUT2D eigenvalue weighted by atomic mass is 32.2. The number of amides is 1. The van der Waals surface area contributed by atoms with Crippen LogP contribution in [0.3, 0.4) is 0 Å². The van der Waals surface area contributed by atoms with E-state index in [1.54, 1.807) is 41.6 Å². The van der Waals surface area contributed by atoms with E-state index in [0.717, 1.165) is 21.7 Å². The molecule has 0 unspecified atom stereocenters. The van der Waals surface area contributed by atoms with E-state index in [1.807, 2.05) is 30.7 Å². The van der Waals surface area contributed by atoms with E-state index in [-0.39, 0.29) is 11.9 Å². The van der Waals surface area contributed by atoms with Crippen molar-refractivity contribution in [2.24, 2.45) is 4.99 Å². The molecule has 1 aromatic carbocycles. The van der Waals surface area contributed by atoms with E-state index in [9.17, 15) is 9.59 Å². The molecule has 0 fully saturated rings. The number of nitrogens with zero attached hydrogens (tertiary/aromatic N) is 4. The van der Waals surface area contributed by atoms with Crippen LogP contribution >= 0.6 is 23.1 Å². The van der Waals surface area contributed by atoms with Crippen LogP contribution in [0, 0.1) is 6.92 Å². The predicted octanol–water partition coefficient (Wildman–Crippen LogP) is 3.51. The Kier molecular flexibility index (Phi) is 6.92. The van der Waals surface area contributed by atoms with Crippen LogP contribution in [0.1, 0.15) is 40.4 Å². The number of hydrogen-bond acceptors (Lipinski definition) is 6. The molecule has 9 heteroatoms. The lowest BCUT2D eigenvalue weighted by Gasteiger charge is -2.05. The van der Waals surface area contributed by atoms with Crippen LogP contribution < -0.4 is 4.80 Å². The minimum atomic E-state index is -0.365. The number of thioether (sulfide) groups is 1. The Labute approximate surface area is 177 Å². The summed E-state index contributed by atoms with van der Waals surface area (Å²) >= 11 is 3.11. The average Bonchev–Trinajstić information content (AvgIpc) is 3.25. The largest absolute Gasteiger partial charge is 0.462 e. The Morgan fingerprint density at radius 2 is 2.07 bits per heavy atom. The molecule has 1 amide bonds. The maximum absolute atomic E-state index is 12.7. The first-order valence-corrected chi connectivity index (χ1v) is 11.6. The number of fused-ring (bicyclic) bond motifs is 1. The van der Waals surface area contributed by atoms with Gasteiger partial charge in [-0.3, -0.25) is 9.48 Å². The zero-order valence-corrected chi connectivity index (χ0v) is 18.6. The molecule has 0 radical (unpaired) electrons. The molecule has 0 bridgehead atoms. The van der Waals surface area contributed by atoms with E-state index < -0.39 is 0 Å². The van der Waals surface area contributed by atoms with Crippen molar-refractivity contribution < 1.29 is 14.3 Å². The zero-order valence-electron chi connectivity index (χ0n) is 17.0. The standard InChI is InChI=1S/C20H24N4O3S2/c1-5-24-13(3)11-15(22-24)18(25)21-20-23(9-10-28-4)16-8-7-14(12-17(16)29-20)19(26)27-6-2/h7-8,11-12H,5-6,9-10H2,1-4H3. The summed E-state index contributed by atoms with van der Waals surface area (Å²) in [7, 11) is 0. The molecule has 0 aliphatic rings. The minimum Gasteiger partial charge on any atom is -0.462 e. The SMILES string of the molecule is CCOC(=O)c1ccc2c(c1)sc(=NC(=O)c1cc(C)n(CC)n1)n2CCSC. The Hall–Kier alpha value is -2.39. The summed E-state index contributed by atoms with van der Waals surface area (Å²) in [5.41, 5.74) is 2.70. The van der Waals surface area contributed by atoms with Crippen LogP contribution in [0.25, 0.3) is 10.2 Å². The van der Waals surface area contributed by atoms with E-state index >= 15 is 0 Å². The average molecular weight is 433 g/mol. The van der Waals surface area contributed by atoms with Crippen LogP contribution in [-0.4, -0.2) is 44.8 Å². The molecule has 0 atom stereocenters. The molecule has 3 aromatic rings. The summed E-state index contributed by atoms with van der Waals surface area (Å²) in [5.74, 6) is 0.167. The van der Waals surface area contributed by atoms with Gasteiger partial charge in [-0.1, -0.05) is 11.3 Å². The van der Waals surface area contributed by atoms with Gasteiger partial charge in [-0.25, -0.2) is 4.79 Å². The van der Waals surface area contributed by atoms with Crippen LogP contribution in [0.4, 0.5) is 0 Å². The second-order valence-corrected chi connectivity index (χ2v) is 8.33. The summed E-state index contributed by atoms with van der Waals surface area (Å²) in [6.07, 6.45) is 2.04. The van der Waals surface area contributed by atoms with Crippen molar-refractivity contribution in [2.45, 2.75) is 33.9 Å². The van der Waals surface area contributed by atoms with Gasteiger partial charge in [-0.05, 0) is 51.3 Å². The smallest absolute Gasteiger partial charge is 0.338 e. The van der Waals surface area contributed by atoms with Gasteiger partial charge in [0.2, 0.25) is 0 Å². The van der Waals surface area contributed by atoms with Gasteiger partial charge in [0, 0.05) is 24.5 Å². The third kappa shape index (κ3) is 4.62. The molecule has 2 aromatic heterocycles. The Bertz CT molecular complexity index is 1110. The second-order valence-electron chi connectivity index (χ2n) is 6.34. The quantitative estimate of drug-likeness (QED) is 0.534. The monoisotopic (exact) mass is 432 g/mol. The number of aromatic nitrogens is 3. The topological polar surface area (TPSA) is 78.5 Å². The molecule has 154 valence electrons. The predicted molar refractivity (Wildman–Crippen MR) is 117 cm³/mol. The first-order valence-electron chi connectivity index (χ1n) is 9.41. The van der Waals surface area contributed by atoms with Gasteiger partial charge in [0.15, 0.2) is 10.5 Å². The molecule has 29 heavy (non-hydrogen) atoms. The number of esters is 1. The molecule has 0 N–H and O–H groups in total. The molecular weight excluding hydrogens is 408 g/mol. The molecule has 0 saturated carbocycles. The second kappa shape index (κ2) is 9.41. The highest BCUT2D eigenvalue weighted by Crippen LogP contribution is 2.20. The van der Waals surface area contributed by atoms with E-state index in [1.165, 1.54) is 11.3 Å². The van der Waals surface area contributed by atoms with Gasteiger partial charge in [0.05, 0.1) is 22.4 Å². The van der Waals surface area contributed by atoms with Crippen LogP contribution in [0.5, 0.6) is 0 Å².